The Labute approximate surface area is 82.5 Å². The Balaban J connectivity index is 2.12. The summed E-state index contributed by atoms with van der Waals surface area (Å²) in [5.74, 6) is 0.522. The lowest BCUT2D eigenvalue weighted by Gasteiger charge is -2.20. The van der Waals surface area contributed by atoms with Crippen molar-refractivity contribution in [2.75, 3.05) is 33.2 Å². The van der Waals surface area contributed by atoms with E-state index in [2.05, 4.69) is 5.32 Å². The molecule has 1 N–H and O–H groups in total. The molecular weight excluding hydrogens is 193 g/mol. The molecule has 84 valence electrons. The first-order valence-corrected chi connectivity index (χ1v) is 4.93. The molecule has 1 saturated heterocycles. The summed E-state index contributed by atoms with van der Waals surface area (Å²) in [7, 11) is 1.75. The van der Waals surface area contributed by atoms with Crippen LogP contribution in [-0.2, 0) is 0 Å². The second-order valence-electron chi connectivity index (χ2n) is 3.99. The molecule has 1 unspecified atom stereocenters. The van der Waals surface area contributed by atoms with Crippen LogP contribution in [0.3, 0.4) is 0 Å². The third-order valence-electron chi connectivity index (χ3n) is 2.51. The van der Waals surface area contributed by atoms with Crippen LogP contribution in [0, 0.1) is 5.92 Å². The SMILES string of the molecule is CN(CCC(F)(F)F)CC1CCNC1. The van der Waals surface area contributed by atoms with Gasteiger partial charge in [0.05, 0.1) is 6.42 Å². The van der Waals surface area contributed by atoms with E-state index in [1.165, 1.54) is 0 Å². The number of nitrogens with one attached hydrogen (secondary N) is 1. The van der Waals surface area contributed by atoms with Crippen molar-refractivity contribution < 1.29 is 13.2 Å². The van der Waals surface area contributed by atoms with Gasteiger partial charge in [-0.3, -0.25) is 0 Å². The number of halogens is 3. The van der Waals surface area contributed by atoms with Gasteiger partial charge in [-0.05, 0) is 32.5 Å². The Morgan fingerprint density at radius 2 is 2.14 bits per heavy atom. The fourth-order valence-corrected chi connectivity index (χ4v) is 1.72. The first-order chi connectivity index (χ1) is 6.47. The van der Waals surface area contributed by atoms with Crippen molar-refractivity contribution in [3.63, 3.8) is 0 Å². The number of alkyl halides is 3. The fourth-order valence-electron chi connectivity index (χ4n) is 1.72. The number of nitrogens with zero attached hydrogens (tertiary/aromatic N) is 1. The lowest BCUT2D eigenvalue weighted by molar-refractivity contribution is -0.137. The molecule has 0 amide bonds. The highest BCUT2D eigenvalue weighted by Crippen LogP contribution is 2.20. The quantitative estimate of drug-likeness (QED) is 0.756. The van der Waals surface area contributed by atoms with Gasteiger partial charge in [0.2, 0.25) is 0 Å². The zero-order valence-corrected chi connectivity index (χ0v) is 8.40. The third kappa shape index (κ3) is 4.81. The normalized spacial score (nSPS) is 23.4. The number of rotatable bonds is 4. The summed E-state index contributed by atoms with van der Waals surface area (Å²) in [6.07, 6.45) is -3.65. The molecule has 0 aromatic rings. The maximum Gasteiger partial charge on any atom is 0.390 e. The smallest absolute Gasteiger partial charge is 0.316 e. The fraction of sp³-hybridized carbons (Fsp3) is 1.00. The molecule has 1 atom stereocenters. The molecule has 1 rings (SSSR count). The van der Waals surface area contributed by atoms with Crippen molar-refractivity contribution in [1.29, 1.82) is 0 Å². The van der Waals surface area contributed by atoms with Crippen LogP contribution in [0.15, 0.2) is 0 Å². The zero-order valence-electron chi connectivity index (χ0n) is 8.40. The third-order valence-corrected chi connectivity index (χ3v) is 2.51. The number of hydrogen-bond donors (Lipinski definition) is 1. The van der Waals surface area contributed by atoms with Crippen LogP contribution in [0.4, 0.5) is 13.2 Å². The topological polar surface area (TPSA) is 15.3 Å². The van der Waals surface area contributed by atoms with E-state index >= 15 is 0 Å². The minimum absolute atomic E-state index is 0.111. The molecule has 0 saturated carbocycles. The van der Waals surface area contributed by atoms with Crippen molar-refractivity contribution in [3.8, 4) is 0 Å². The first-order valence-electron chi connectivity index (χ1n) is 4.93. The van der Waals surface area contributed by atoms with Crippen molar-refractivity contribution in [2.24, 2.45) is 5.92 Å². The molecular formula is C9H17F3N2. The predicted molar refractivity (Wildman–Crippen MR) is 49.1 cm³/mol. The van der Waals surface area contributed by atoms with E-state index in [9.17, 15) is 13.2 Å². The van der Waals surface area contributed by atoms with Gasteiger partial charge in [0.15, 0.2) is 0 Å². The summed E-state index contributed by atoms with van der Waals surface area (Å²) >= 11 is 0. The minimum Gasteiger partial charge on any atom is -0.316 e. The Morgan fingerprint density at radius 3 is 2.64 bits per heavy atom. The van der Waals surface area contributed by atoms with Gasteiger partial charge < -0.3 is 10.2 Å². The zero-order chi connectivity index (χ0) is 10.6. The van der Waals surface area contributed by atoms with Gasteiger partial charge in [0.25, 0.3) is 0 Å². The van der Waals surface area contributed by atoms with Crippen LogP contribution >= 0.6 is 0 Å². The monoisotopic (exact) mass is 210 g/mol. The Hall–Kier alpha value is -0.290. The average Bonchev–Trinajstić information content (AvgIpc) is 2.52. The lowest BCUT2D eigenvalue weighted by Crippen LogP contribution is -2.30. The average molecular weight is 210 g/mol. The van der Waals surface area contributed by atoms with Crippen LogP contribution in [-0.4, -0.2) is 44.3 Å². The molecule has 0 aliphatic carbocycles. The minimum atomic E-state index is -4.03. The van der Waals surface area contributed by atoms with Crippen molar-refractivity contribution in [2.45, 2.75) is 19.0 Å². The van der Waals surface area contributed by atoms with Gasteiger partial charge in [-0.25, -0.2) is 0 Å². The molecule has 0 bridgehead atoms. The molecule has 1 aliphatic heterocycles. The summed E-state index contributed by atoms with van der Waals surface area (Å²) in [5.41, 5.74) is 0. The standard InChI is InChI=1S/C9H17F3N2/c1-14(5-3-9(10,11)12)7-8-2-4-13-6-8/h8,13H,2-7H2,1H3. The van der Waals surface area contributed by atoms with Gasteiger partial charge in [-0.2, -0.15) is 13.2 Å². The summed E-state index contributed by atoms with van der Waals surface area (Å²) in [6.45, 7) is 2.82. The van der Waals surface area contributed by atoms with Crippen molar-refractivity contribution in [1.82, 2.24) is 10.2 Å². The summed E-state index contributed by atoms with van der Waals surface area (Å²) < 4.78 is 35.7. The van der Waals surface area contributed by atoms with E-state index in [0.717, 1.165) is 26.1 Å². The van der Waals surface area contributed by atoms with Crippen LogP contribution in [0.1, 0.15) is 12.8 Å². The first kappa shape index (κ1) is 11.8. The highest BCUT2D eigenvalue weighted by Gasteiger charge is 2.27. The van der Waals surface area contributed by atoms with E-state index in [4.69, 9.17) is 0 Å². The predicted octanol–water partition coefficient (Wildman–Crippen LogP) is 1.48. The van der Waals surface area contributed by atoms with Crippen LogP contribution in [0.5, 0.6) is 0 Å². The largest absolute Gasteiger partial charge is 0.390 e. The Morgan fingerprint density at radius 1 is 1.43 bits per heavy atom. The van der Waals surface area contributed by atoms with Crippen LogP contribution in [0.25, 0.3) is 0 Å². The van der Waals surface area contributed by atoms with Gasteiger partial charge in [-0.15, -0.1) is 0 Å². The molecule has 0 aromatic heterocycles. The summed E-state index contributed by atoms with van der Waals surface area (Å²) in [6, 6.07) is 0. The Bertz CT molecular complexity index is 164. The van der Waals surface area contributed by atoms with E-state index in [0.29, 0.717) is 5.92 Å². The molecule has 5 heteroatoms. The molecule has 0 radical (unpaired) electrons. The van der Waals surface area contributed by atoms with E-state index in [-0.39, 0.29) is 6.54 Å². The van der Waals surface area contributed by atoms with E-state index in [1.54, 1.807) is 11.9 Å². The maximum absolute atomic E-state index is 11.9. The molecule has 14 heavy (non-hydrogen) atoms. The van der Waals surface area contributed by atoms with Gasteiger partial charge >= 0.3 is 6.18 Å². The van der Waals surface area contributed by atoms with E-state index < -0.39 is 12.6 Å². The van der Waals surface area contributed by atoms with Crippen LogP contribution < -0.4 is 5.32 Å². The highest BCUT2D eigenvalue weighted by atomic mass is 19.4. The molecule has 1 heterocycles. The van der Waals surface area contributed by atoms with E-state index in [1.807, 2.05) is 0 Å². The van der Waals surface area contributed by atoms with Gasteiger partial charge in [0.1, 0.15) is 0 Å². The van der Waals surface area contributed by atoms with Gasteiger partial charge in [0, 0.05) is 13.1 Å². The molecule has 2 nitrogen and oxygen atoms in total. The molecule has 0 spiro atoms. The molecule has 1 fully saturated rings. The maximum atomic E-state index is 11.9. The van der Waals surface area contributed by atoms with Gasteiger partial charge in [-0.1, -0.05) is 0 Å². The van der Waals surface area contributed by atoms with Crippen LogP contribution in [0.2, 0.25) is 0 Å². The summed E-state index contributed by atoms with van der Waals surface area (Å²) in [4.78, 5) is 1.77. The van der Waals surface area contributed by atoms with Crippen molar-refractivity contribution in [3.05, 3.63) is 0 Å². The molecule has 0 aromatic carbocycles. The lowest BCUT2D eigenvalue weighted by atomic mass is 10.1. The number of hydrogen-bond acceptors (Lipinski definition) is 2. The molecule has 1 aliphatic rings. The highest BCUT2D eigenvalue weighted by molar-refractivity contribution is 4.73. The second-order valence-corrected chi connectivity index (χ2v) is 3.99. The Kier molecular flexibility index (Phi) is 4.19. The van der Waals surface area contributed by atoms with Crippen molar-refractivity contribution >= 4 is 0 Å². The summed E-state index contributed by atoms with van der Waals surface area (Å²) in [5, 5.41) is 3.20. The second kappa shape index (κ2) is 4.98.